The number of pyridine rings is 1. The van der Waals surface area contributed by atoms with E-state index >= 15 is 0 Å². The Bertz CT molecular complexity index is 340. The van der Waals surface area contributed by atoms with Crippen LogP contribution in [0, 0.1) is 0 Å². The van der Waals surface area contributed by atoms with Gasteiger partial charge in [0.05, 0.1) is 6.61 Å². The summed E-state index contributed by atoms with van der Waals surface area (Å²) < 4.78 is 5.32. The van der Waals surface area contributed by atoms with Crippen LogP contribution >= 0.6 is 0 Å². The lowest BCUT2D eigenvalue weighted by Gasteiger charge is -2.28. The number of nitrogens with zero attached hydrogens (tertiary/aromatic N) is 2. The SMILES string of the molecule is COCC(CNC1CC1)N(C)Cc1ccncc1. The minimum Gasteiger partial charge on any atom is -0.383 e. The molecular formula is C14H23N3O. The van der Waals surface area contributed by atoms with Crippen molar-refractivity contribution in [3.8, 4) is 0 Å². The molecular weight excluding hydrogens is 226 g/mol. The van der Waals surface area contributed by atoms with Crippen molar-refractivity contribution in [1.82, 2.24) is 15.2 Å². The smallest absolute Gasteiger partial charge is 0.0630 e. The first-order valence-corrected chi connectivity index (χ1v) is 6.61. The summed E-state index contributed by atoms with van der Waals surface area (Å²) in [5, 5.41) is 3.57. The lowest BCUT2D eigenvalue weighted by Crippen LogP contribution is -2.43. The van der Waals surface area contributed by atoms with E-state index in [2.05, 4.69) is 34.4 Å². The third-order valence-corrected chi connectivity index (χ3v) is 3.38. The van der Waals surface area contributed by atoms with Gasteiger partial charge in [-0.25, -0.2) is 0 Å². The van der Waals surface area contributed by atoms with Gasteiger partial charge in [0, 0.05) is 44.7 Å². The summed E-state index contributed by atoms with van der Waals surface area (Å²) in [6, 6.07) is 5.30. The van der Waals surface area contributed by atoms with Crippen LogP contribution in [-0.2, 0) is 11.3 Å². The van der Waals surface area contributed by atoms with E-state index in [0.29, 0.717) is 6.04 Å². The van der Waals surface area contributed by atoms with Crippen molar-refractivity contribution in [3.05, 3.63) is 30.1 Å². The molecule has 1 aromatic heterocycles. The van der Waals surface area contributed by atoms with E-state index in [1.54, 1.807) is 7.11 Å². The molecule has 1 fully saturated rings. The van der Waals surface area contributed by atoms with Gasteiger partial charge < -0.3 is 10.1 Å². The molecule has 2 rings (SSSR count). The lowest BCUT2D eigenvalue weighted by atomic mass is 10.2. The Kier molecular flexibility index (Phi) is 5.11. The van der Waals surface area contributed by atoms with Crippen LogP contribution in [0.4, 0.5) is 0 Å². The maximum Gasteiger partial charge on any atom is 0.0630 e. The zero-order valence-corrected chi connectivity index (χ0v) is 11.3. The molecule has 1 heterocycles. The second-order valence-electron chi connectivity index (χ2n) is 5.06. The molecule has 0 radical (unpaired) electrons. The average Bonchev–Trinajstić information content (AvgIpc) is 3.19. The molecule has 0 bridgehead atoms. The van der Waals surface area contributed by atoms with Crippen LogP contribution in [0.2, 0.25) is 0 Å². The van der Waals surface area contributed by atoms with Crippen LogP contribution in [0.15, 0.2) is 24.5 Å². The molecule has 0 aromatic carbocycles. The minimum atomic E-state index is 0.420. The number of nitrogens with one attached hydrogen (secondary N) is 1. The number of methoxy groups -OCH3 is 1. The molecule has 18 heavy (non-hydrogen) atoms. The van der Waals surface area contributed by atoms with Crippen molar-refractivity contribution in [3.63, 3.8) is 0 Å². The van der Waals surface area contributed by atoms with Crippen molar-refractivity contribution < 1.29 is 4.74 Å². The fourth-order valence-electron chi connectivity index (χ4n) is 2.03. The number of hydrogen-bond acceptors (Lipinski definition) is 4. The van der Waals surface area contributed by atoms with Crippen molar-refractivity contribution in [2.24, 2.45) is 0 Å². The Morgan fingerprint density at radius 2 is 2.17 bits per heavy atom. The van der Waals surface area contributed by atoms with Crippen LogP contribution in [0.25, 0.3) is 0 Å². The molecule has 1 saturated carbocycles. The Hall–Kier alpha value is -0.970. The van der Waals surface area contributed by atoms with Gasteiger partial charge in [0.1, 0.15) is 0 Å². The molecule has 0 aliphatic heterocycles. The van der Waals surface area contributed by atoms with Crippen molar-refractivity contribution in [2.75, 3.05) is 27.3 Å². The fourth-order valence-corrected chi connectivity index (χ4v) is 2.03. The monoisotopic (exact) mass is 249 g/mol. The molecule has 4 nitrogen and oxygen atoms in total. The van der Waals surface area contributed by atoms with Crippen molar-refractivity contribution >= 4 is 0 Å². The van der Waals surface area contributed by atoms with E-state index in [-0.39, 0.29) is 0 Å². The molecule has 1 N–H and O–H groups in total. The Morgan fingerprint density at radius 3 is 2.78 bits per heavy atom. The van der Waals surface area contributed by atoms with Crippen LogP contribution in [-0.4, -0.2) is 49.3 Å². The van der Waals surface area contributed by atoms with Crippen molar-refractivity contribution in [1.29, 1.82) is 0 Å². The highest BCUT2D eigenvalue weighted by molar-refractivity contribution is 5.09. The quantitative estimate of drug-likeness (QED) is 0.753. The first-order chi connectivity index (χ1) is 8.79. The maximum absolute atomic E-state index is 5.32. The standard InChI is InChI=1S/C14H23N3O/c1-17(10-12-5-7-15-8-6-12)14(11-18-2)9-16-13-3-4-13/h5-8,13-14,16H,3-4,9-11H2,1-2H3. The molecule has 0 saturated heterocycles. The highest BCUT2D eigenvalue weighted by Crippen LogP contribution is 2.18. The largest absolute Gasteiger partial charge is 0.383 e. The first-order valence-electron chi connectivity index (χ1n) is 6.61. The molecule has 1 atom stereocenters. The van der Waals surface area contributed by atoms with Gasteiger partial charge in [-0.15, -0.1) is 0 Å². The molecule has 1 unspecified atom stereocenters. The van der Waals surface area contributed by atoms with Gasteiger partial charge in [-0.2, -0.15) is 0 Å². The number of rotatable bonds is 8. The van der Waals surface area contributed by atoms with Gasteiger partial charge in [-0.05, 0) is 37.6 Å². The summed E-state index contributed by atoms with van der Waals surface area (Å²) in [4.78, 5) is 6.39. The van der Waals surface area contributed by atoms with Crippen LogP contribution in [0.3, 0.4) is 0 Å². The lowest BCUT2D eigenvalue weighted by molar-refractivity contribution is 0.101. The second-order valence-corrected chi connectivity index (χ2v) is 5.06. The van der Waals surface area contributed by atoms with Gasteiger partial charge in [-0.1, -0.05) is 0 Å². The molecule has 1 aliphatic rings. The number of hydrogen-bond donors (Lipinski definition) is 1. The van der Waals surface area contributed by atoms with Gasteiger partial charge in [-0.3, -0.25) is 9.88 Å². The Morgan fingerprint density at radius 1 is 1.44 bits per heavy atom. The molecule has 1 aliphatic carbocycles. The zero-order chi connectivity index (χ0) is 12.8. The van der Waals surface area contributed by atoms with Crippen LogP contribution in [0.1, 0.15) is 18.4 Å². The molecule has 1 aromatic rings. The predicted molar refractivity (Wildman–Crippen MR) is 72.4 cm³/mol. The highest BCUT2D eigenvalue weighted by Gasteiger charge is 2.23. The van der Waals surface area contributed by atoms with Gasteiger partial charge >= 0.3 is 0 Å². The Labute approximate surface area is 109 Å². The number of ether oxygens (including phenoxy) is 1. The summed E-state index contributed by atoms with van der Waals surface area (Å²) in [5.74, 6) is 0. The van der Waals surface area contributed by atoms with E-state index in [4.69, 9.17) is 4.74 Å². The summed E-state index contributed by atoms with van der Waals surface area (Å²) in [5.41, 5.74) is 1.29. The van der Waals surface area contributed by atoms with E-state index < -0.39 is 0 Å². The molecule has 0 amide bonds. The first kappa shape index (κ1) is 13.5. The zero-order valence-electron chi connectivity index (χ0n) is 11.3. The molecule has 100 valence electrons. The fraction of sp³-hybridized carbons (Fsp3) is 0.643. The topological polar surface area (TPSA) is 37.4 Å². The van der Waals surface area contributed by atoms with Crippen LogP contribution in [0.5, 0.6) is 0 Å². The van der Waals surface area contributed by atoms with Crippen molar-refractivity contribution in [2.45, 2.75) is 31.5 Å². The van der Waals surface area contributed by atoms with Crippen LogP contribution < -0.4 is 5.32 Å². The third-order valence-electron chi connectivity index (χ3n) is 3.38. The Balaban J connectivity index is 1.83. The minimum absolute atomic E-state index is 0.420. The summed E-state index contributed by atoms with van der Waals surface area (Å²) >= 11 is 0. The molecule has 4 heteroatoms. The average molecular weight is 249 g/mol. The highest BCUT2D eigenvalue weighted by atomic mass is 16.5. The van der Waals surface area contributed by atoms with Gasteiger partial charge in [0.15, 0.2) is 0 Å². The normalized spacial score (nSPS) is 17.1. The predicted octanol–water partition coefficient (Wildman–Crippen LogP) is 1.28. The van der Waals surface area contributed by atoms with E-state index in [9.17, 15) is 0 Å². The van der Waals surface area contributed by atoms with Gasteiger partial charge in [0.2, 0.25) is 0 Å². The van der Waals surface area contributed by atoms with E-state index in [1.165, 1.54) is 18.4 Å². The van der Waals surface area contributed by atoms with Gasteiger partial charge in [0.25, 0.3) is 0 Å². The summed E-state index contributed by atoms with van der Waals surface area (Å²) in [6.07, 6.45) is 6.34. The maximum atomic E-state index is 5.32. The number of likely N-dealkylation sites (N-methyl/N-ethyl adjacent to an activating group) is 1. The second kappa shape index (κ2) is 6.83. The summed E-state index contributed by atoms with van der Waals surface area (Å²) in [6.45, 7) is 2.70. The number of aromatic nitrogens is 1. The summed E-state index contributed by atoms with van der Waals surface area (Å²) in [7, 11) is 3.92. The van der Waals surface area contributed by atoms with E-state index in [0.717, 1.165) is 25.7 Å². The van der Waals surface area contributed by atoms with E-state index in [1.807, 2.05) is 12.4 Å². The third kappa shape index (κ3) is 4.37. The molecule has 0 spiro atoms.